The average molecular weight is 661 g/mol. The molecule has 2 heterocycles. The number of ether oxygens (including phenoxy) is 2. The van der Waals surface area contributed by atoms with Crippen LogP contribution in [0.5, 0.6) is 11.5 Å². The zero-order valence-corrected chi connectivity index (χ0v) is 27.6. The summed E-state index contributed by atoms with van der Waals surface area (Å²) in [4.78, 5) is 27.8. The number of hydrogen-bond donors (Lipinski definition) is 2. The van der Waals surface area contributed by atoms with Gasteiger partial charge in [-0.2, -0.15) is 13.5 Å². The summed E-state index contributed by atoms with van der Waals surface area (Å²) >= 11 is 0. The van der Waals surface area contributed by atoms with Crippen molar-refractivity contribution in [3.05, 3.63) is 95.3 Å². The van der Waals surface area contributed by atoms with Crippen LogP contribution in [0.25, 0.3) is 11.1 Å². The highest BCUT2D eigenvalue weighted by Gasteiger charge is 2.27. The summed E-state index contributed by atoms with van der Waals surface area (Å²) in [7, 11) is -4.17. The maximum absolute atomic E-state index is 13.5. The van der Waals surface area contributed by atoms with Crippen molar-refractivity contribution in [1.82, 2.24) is 15.1 Å². The first-order valence-corrected chi connectivity index (χ1v) is 17.2. The van der Waals surface area contributed by atoms with Gasteiger partial charge in [0.15, 0.2) is 5.75 Å². The molecule has 5 rings (SSSR count). The van der Waals surface area contributed by atoms with Gasteiger partial charge in [0.1, 0.15) is 5.75 Å². The van der Waals surface area contributed by atoms with Crippen LogP contribution in [0.15, 0.2) is 73.1 Å². The van der Waals surface area contributed by atoms with Crippen molar-refractivity contribution in [3.8, 4) is 22.6 Å². The van der Waals surface area contributed by atoms with Crippen molar-refractivity contribution < 1.29 is 32.0 Å². The quantitative estimate of drug-likeness (QED) is 0.156. The van der Waals surface area contributed by atoms with Crippen LogP contribution in [0, 0.1) is 13.8 Å². The number of nitrogens with one attached hydrogen (secondary N) is 1. The number of benzene rings is 3. The van der Waals surface area contributed by atoms with Gasteiger partial charge < -0.3 is 19.7 Å². The van der Waals surface area contributed by atoms with Crippen molar-refractivity contribution in [3.63, 3.8) is 0 Å². The zero-order chi connectivity index (χ0) is 33.6. The third-order valence-electron chi connectivity index (χ3n) is 8.14. The van der Waals surface area contributed by atoms with E-state index in [9.17, 15) is 18.0 Å². The number of carbonyl (C=O) groups is 2. The number of hydrogen-bond acceptors (Lipinski definition) is 7. The van der Waals surface area contributed by atoms with Gasteiger partial charge in [-0.3, -0.25) is 18.8 Å². The highest BCUT2D eigenvalue weighted by Crippen LogP contribution is 2.41. The lowest BCUT2D eigenvalue weighted by Crippen LogP contribution is -2.32. The largest absolute Gasteiger partial charge is 0.493 e. The van der Waals surface area contributed by atoms with E-state index in [-0.39, 0.29) is 18.6 Å². The Morgan fingerprint density at radius 3 is 2.70 bits per heavy atom. The number of carbonyl (C=O) groups excluding carboxylic acids is 2. The van der Waals surface area contributed by atoms with Crippen LogP contribution in [0.2, 0.25) is 0 Å². The molecule has 0 spiro atoms. The number of anilines is 1. The molecule has 4 aromatic rings. The molecule has 12 heteroatoms. The van der Waals surface area contributed by atoms with E-state index in [0.717, 1.165) is 33.7 Å². The highest BCUT2D eigenvalue weighted by molar-refractivity contribution is 7.85. The molecule has 1 aliphatic rings. The molecule has 248 valence electrons. The van der Waals surface area contributed by atoms with Crippen LogP contribution in [-0.4, -0.2) is 66.1 Å². The minimum absolute atomic E-state index is 0.0169. The molecule has 0 fully saturated rings. The summed E-state index contributed by atoms with van der Waals surface area (Å²) in [6.45, 7) is 7.27. The van der Waals surface area contributed by atoms with Crippen molar-refractivity contribution in [1.29, 1.82) is 0 Å². The Kier molecular flexibility index (Phi) is 10.6. The number of nitrogens with zero attached hydrogens (tertiary/aromatic N) is 3. The Morgan fingerprint density at radius 1 is 1.11 bits per heavy atom. The minimum atomic E-state index is -4.17. The van der Waals surface area contributed by atoms with E-state index in [2.05, 4.69) is 23.4 Å². The topological polar surface area (TPSA) is 140 Å². The predicted molar refractivity (Wildman–Crippen MR) is 180 cm³/mol. The Labute approximate surface area is 275 Å². The summed E-state index contributed by atoms with van der Waals surface area (Å²) in [6, 6.07) is 18.7. The SMILES string of the molecule is Cc1cccc(OCCCC(=O)N2CCC(C)Oc3c(-c4cnn(Cc5cccc(C(=O)NCCS(=O)(=O)O)c5)c4)cccc32)c1C. The smallest absolute Gasteiger partial charge is 0.266 e. The molecule has 0 saturated heterocycles. The number of amides is 2. The molecule has 47 heavy (non-hydrogen) atoms. The molecule has 1 aliphatic heterocycles. The van der Waals surface area contributed by atoms with E-state index in [1.165, 1.54) is 5.56 Å². The number of rotatable bonds is 12. The van der Waals surface area contributed by atoms with Crippen LogP contribution in [0.3, 0.4) is 0 Å². The molecule has 2 amide bonds. The first kappa shape index (κ1) is 33.7. The highest BCUT2D eigenvalue weighted by atomic mass is 32.2. The summed E-state index contributed by atoms with van der Waals surface area (Å²) < 4.78 is 44.9. The van der Waals surface area contributed by atoms with Crippen LogP contribution in [0.4, 0.5) is 5.69 Å². The fraction of sp³-hybridized carbons (Fsp3) is 0.343. The second-order valence-electron chi connectivity index (χ2n) is 11.7. The zero-order valence-electron chi connectivity index (χ0n) is 26.8. The molecule has 1 aromatic heterocycles. The van der Waals surface area contributed by atoms with Crippen molar-refractivity contribution in [2.75, 3.05) is 30.3 Å². The summed E-state index contributed by atoms with van der Waals surface area (Å²) in [6.07, 6.45) is 5.17. The van der Waals surface area contributed by atoms with Crippen LogP contribution in [0.1, 0.15) is 53.2 Å². The molecule has 1 atom stereocenters. The second-order valence-corrected chi connectivity index (χ2v) is 13.3. The average Bonchev–Trinajstić information content (AvgIpc) is 3.41. The van der Waals surface area contributed by atoms with Gasteiger partial charge in [0.25, 0.3) is 16.0 Å². The van der Waals surface area contributed by atoms with Crippen LogP contribution >= 0.6 is 0 Å². The Bertz CT molecular complexity index is 1850. The van der Waals surface area contributed by atoms with E-state index in [1.807, 2.05) is 61.3 Å². The lowest BCUT2D eigenvalue weighted by atomic mass is 10.1. The monoisotopic (exact) mass is 660 g/mol. The van der Waals surface area contributed by atoms with Gasteiger partial charge >= 0.3 is 0 Å². The maximum atomic E-state index is 13.5. The van der Waals surface area contributed by atoms with Gasteiger partial charge in [-0.25, -0.2) is 0 Å². The van der Waals surface area contributed by atoms with E-state index < -0.39 is 21.8 Å². The molecule has 3 aromatic carbocycles. The number of aromatic nitrogens is 2. The third kappa shape index (κ3) is 8.78. The fourth-order valence-corrected chi connectivity index (χ4v) is 5.80. The molecular weight excluding hydrogens is 620 g/mol. The Balaban J connectivity index is 1.27. The van der Waals surface area contributed by atoms with E-state index in [0.29, 0.717) is 50.3 Å². The van der Waals surface area contributed by atoms with Crippen LogP contribution < -0.4 is 19.7 Å². The van der Waals surface area contributed by atoms with E-state index in [1.54, 1.807) is 29.1 Å². The number of fused-ring (bicyclic) bond motifs is 1. The lowest BCUT2D eigenvalue weighted by molar-refractivity contribution is -0.118. The predicted octanol–water partition coefficient (Wildman–Crippen LogP) is 5.20. The Hall–Kier alpha value is -4.68. The van der Waals surface area contributed by atoms with Gasteiger partial charge in [0, 0.05) is 48.8 Å². The second kappa shape index (κ2) is 14.8. The van der Waals surface area contributed by atoms with Crippen molar-refractivity contribution in [2.24, 2.45) is 0 Å². The molecule has 11 nitrogen and oxygen atoms in total. The fourth-order valence-electron chi connectivity index (χ4n) is 5.44. The maximum Gasteiger partial charge on any atom is 0.266 e. The summed E-state index contributed by atoms with van der Waals surface area (Å²) in [5, 5.41) is 7.04. The number of aryl methyl sites for hydroxylation is 1. The summed E-state index contributed by atoms with van der Waals surface area (Å²) in [5.41, 5.74) is 5.83. The molecule has 2 N–H and O–H groups in total. The molecular formula is C35H40N4O7S. The number of para-hydroxylation sites is 1. The van der Waals surface area contributed by atoms with Gasteiger partial charge in [-0.05, 0) is 68.1 Å². The van der Waals surface area contributed by atoms with Crippen molar-refractivity contribution in [2.45, 2.75) is 52.7 Å². The first-order valence-electron chi connectivity index (χ1n) is 15.6. The summed E-state index contributed by atoms with van der Waals surface area (Å²) in [5.74, 6) is 0.499. The molecule has 0 aliphatic carbocycles. The van der Waals surface area contributed by atoms with Gasteiger partial charge in [-0.1, -0.05) is 36.4 Å². The Morgan fingerprint density at radius 2 is 1.89 bits per heavy atom. The standard InChI is InChI=1S/C35H40N4O7S/c1-24-8-4-13-32(26(24)3)45-18-7-14-33(40)39-17-15-25(2)46-34-30(11-6-12-31(34)39)29-21-37-38(23-29)22-27-9-5-10-28(20-27)35(41)36-16-19-47(42,43)44/h4-6,8-13,20-21,23,25H,7,14-19,22H2,1-3H3,(H,36,41)(H,42,43,44). The molecule has 1 unspecified atom stereocenters. The van der Waals surface area contributed by atoms with Crippen molar-refractivity contribution >= 4 is 27.6 Å². The van der Waals surface area contributed by atoms with E-state index in [4.69, 9.17) is 14.0 Å². The van der Waals surface area contributed by atoms with Gasteiger partial charge in [-0.15, -0.1) is 0 Å². The van der Waals surface area contributed by atoms with Crippen LogP contribution in [-0.2, 0) is 21.5 Å². The normalized spacial score (nSPS) is 14.6. The van der Waals surface area contributed by atoms with Gasteiger partial charge in [0.2, 0.25) is 5.91 Å². The molecule has 0 saturated carbocycles. The third-order valence-corrected chi connectivity index (χ3v) is 8.86. The van der Waals surface area contributed by atoms with E-state index >= 15 is 0 Å². The first-order chi connectivity index (χ1) is 22.5. The minimum Gasteiger partial charge on any atom is -0.493 e. The van der Waals surface area contributed by atoms with Gasteiger partial charge in [0.05, 0.1) is 36.9 Å². The molecule has 0 radical (unpaired) electrons. The molecule has 0 bridgehead atoms. The lowest BCUT2D eigenvalue weighted by Gasteiger charge is -2.23.